The minimum atomic E-state index is 0.641. The molecule has 0 saturated heterocycles. The number of aromatic nitrogens is 2. The number of hydrogen-bond donors (Lipinski definition) is 0. The van der Waals surface area contributed by atoms with Gasteiger partial charge in [0.25, 0.3) is 0 Å². The average Bonchev–Trinajstić information content (AvgIpc) is 2.41. The van der Waals surface area contributed by atoms with Gasteiger partial charge >= 0.3 is 0 Å². The lowest BCUT2D eigenvalue weighted by Crippen LogP contribution is -1.94. The maximum Gasteiger partial charge on any atom is 0.137 e. The first-order valence-corrected chi connectivity index (χ1v) is 6.01. The third-order valence-electron chi connectivity index (χ3n) is 2.36. The van der Waals surface area contributed by atoms with E-state index >= 15 is 0 Å². The molecule has 2 rings (SSSR count). The van der Waals surface area contributed by atoms with Crippen LogP contribution in [0, 0.1) is 0 Å². The molecule has 0 saturated carbocycles. The molecule has 4 heteroatoms. The molecular formula is C14H16N2O2. The molecular weight excluding hydrogens is 228 g/mol. The normalized spacial score (nSPS) is 10.1. The van der Waals surface area contributed by atoms with Crippen LogP contribution in [-0.4, -0.2) is 23.2 Å². The van der Waals surface area contributed by atoms with Gasteiger partial charge in [0, 0.05) is 0 Å². The Bertz CT molecular complexity index is 433. The van der Waals surface area contributed by atoms with E-state index in [4.69, 9.17) is 9.47 Å². The second-order valence-corrected chi connectivity index (χ2v) is 3.62. The van der Waals surface area contributed by atoms with Gasteiger partial charge in [-0.25, -0.2) is 0 Å². The van der Waals surface area contributed by atoms with Crippen LogP contribution in [-0.2, 0) is 0 Å². The fraction of sp³-hybridized carbons (Fsp3) is 0.286. The average molecular weight is 244 g/mol. The van der Waals surface area contributed by atoms with E-state index in [2.05, 4.69) is 9.97 Å². The van der Waals surface area contributed by atoms with Crippen molar-refractivity contribution in [2.24, 2.45) is 0 Å². The smallest absolute Gasteiger partial charge is 0.137 e. The van der Waals surface area contributed by atoms with Crippen molar-refractivity contribution < 1.29 is 9.47 Å². The molecule has 4 nitrogen and oxygen atoms in total. The van der Waals surface area contributed by atoms with Crippen molar-refractivity contribution in [1.82, 2.24) is 9.97 Å². The summed E-state index contributed by atoms with van der Waals surface area (Å²) in [6.07, 6.45) is 3.41. The van der Waals surface area contributed by atoms with E-state index in [0.29, 0.717) is 13.2 Å². The van der Waals surface area contributed by atoms with Crippen LogP contribution in [0.2, 0.25) is 0 Å². The fourth-order valence-corrected chi connectivity index (χ4v) is 1.57. The molecule has 0 aliphatic carbocycles. The molecule has 0 radical (unpaired) electrons. The minimum Gasteiger partial charge on any atom is -0.492 e. The van der Waals surface area contributed by atoms with Gasteiger partial charge in [-0.1, -0.05) is 0 Å². The Hall–Kier alpha value is -2.10. The van der Waals surface area contributed by atoms with Crippen molar-refractivity contribution in [2.75, 3.05) is 13.2 Å². The number of nitrogens with zero attached hydrogens (tertiary/aromatic N) is 2. The van der Waals surface area contributed by atoms with Crippen molar-refractivity contribution in [3.63, 3.8) is 0 Å². The standard InChI is InChI=1S/C14H16N2O2/c1-3-17-11-5-7-13(15-9-11)14-8-6-12(10-16-14)18-4-2/h5-10H,3-4H2,1-2H3. The second-order valence-electron chi connectivity index (χ2n) is 3.62. The molecule has 2 aromatic rings. The zero-order valence-electron chi connectivity index (χ0n) is 10.6. The quantitative estimate of drug-likeness (QED) is 0.811. The van der Waals surface area contributed by atoms with Gasteiger partial charge in [-0.3, -0.25) is 9.97 Å². The zero-order chi connectivity index (χ0) is 12.8. The van der Waals surface area contributed by atoms with Gasteiger partial charge in [0.15, 0.2) is 0 Å². The first-order chi connectivity index (χ1) is 8.83. The summed E-state index contributed by atoms with van der Waals surface area (Å²) in [5.41, 5.74) is 1.64. The highest BCUT2D eigenvalue weighted by Crippen LogP contribution is 2.19. The van der Waals surface area contributed by atoms with Gasteiger partial charge in [-0.2, -0.15) is 0 Å². The third-order valence-corrected chi connectivity index (χ3v) is 2.36. The lowest BCUT2D eigenvalue weighted by Gasteiger charge is -2.05. The van der Waals surface area contributed by atoms with Gasteiger partial charge in [0.05, 0.1) is 37.0 Å². The summed E-state index contributed by atoms with van der Waals surface area (Å²) in [7, 11) is 0. The van der Waals surface area contributed by atoms with Crippen LogP contribution in [0.3, 0.4) is 0 Å². The summed E-state index contributed by atoms with van der Waals surface area (Å²) in [6, 6.07) is 7.58. The van der Waals surface area contributed by atoms with Crippen molar-refractivity contribution >= 4 is 0 Å². The fourth-order valence-electron chi connectivity index (χ4n) is 1.57. The summed E-state index contributed by atoms with van der Waals surface area (Å²) in [6.45, 7) is 5.18. The molecule has 94 valence electrons. The molecule has 0 unspecified atom stereocenters. The van der Waals surface area contributed by atoms with Crippen molar-refractivity contribution in [2.45, 2.75) is 13.8 Å². The predicted molar refractivity (Wildman–Crippen MR) is 69.8 cm³/mol. The van der Waals surface area contributed by atoms with Crippen molar-refractivity contribution in [3.8, 4) is 22.9 Å². The Balaban J connectivity index is 2.15. The van der Waals surface area contributed by atoms with Crippen LogP contribution in [0.25, 0.3) is 11.4 Å². The van der Waals surface area contributed by atoms with E-state index in [0.717, 1.165) is 22.9 Å². The van der Waals surface area contributed by atoms with E-state index in [1.54, 1.807) is 12.4 Å². The summed E-state index contributed by atoms with van der Waals surface area (Å²) in [5.74, 6) is 1.54. The molecule has 0 atom stereocenters. The van der Waals surface area contributed by atoms with Crippen LogP contribution in [0.5, 0.6) is 11.5 Å². The van der Waals surface area contributed by atoms with Crippen molar-refractivity contribution in [3.05, 3.63) is 36.7 Å². The highest BCUT2D eigenvalue weighted by atomic mass is 16.5. The van der Waals surface area contributed by atoms with Crippen LogP contribution >= 0.6 is 0 Å². The lowest BCUT2D eigenvalue weighted by molar-refractivity contribution is 0.338. The number of pyridine rings is 2. The number of ether oxygens (including phenoxy) is 2. The molecule has 0 spiro atoms. The Morgan fingerprint density at radius 2 is 1.22 bits per heavy atom. The first kappa shape index (κ1) is 12.4. The van der Waals surface area contributed by atoms with E-state index in [-0.39, 0.29) is 0 Å². The molecule has 0 fully saturated rings. The summed E-state index contributed by atoms with van der Waals surface area (Å²) >= 11 is 0. The summed E-state index contributed by atoms with van der Waals surface area (Å²) in [4.78, 5) is 8.63. The molecule has 2 aromatic heterocycles. The highest BCUT2D eigenvalue weighted by molar-refractivity contribution is 5.55. The molecule has 0 aliphatic heterocycles. The highest BCUT2D eigenvalue weighted by Gasteiger charge is 2.02. The minimum absolute atomic E-state index is 0.641. The number of rotatable bonds is 5. The van der Waals surface area contributed by atoms with Crippen LogP contribution < -0.4 is 9.47 Å². The van der Waals surface area contributed by atoms with E-state index < -0.39 is 0 Å². The first-order valence-electron chi connectivity index (χ1n) is 6.01. The Morgan fingerprint density at radius 3 is 1.50 bits per heavy atom. The Morgan fingerprint density at radius 1 is 0.778 bits per heavy atom. The SMILES string of the molecule is CCOc1ccc(-c2ccc(OCC)cn2)nc1. The molecule has 18 heavy (non-hydrogen) atoms. The molecule has 2 heterocycles. The second kappa shape index (κ2) is 6.00. The van der Waals surface area contributed by atoms with Crippen LogP contribution in [0.1, 0.15) is 13.8 Å². The summed E-state index contributed by atoms with van der Waals surface area (Å²) in [5, 5.41) is 0. The molecule has 0 bridgehead atoms. The van der Waals surface area contributed by atoms with Gasteiger partial charge in [0.1, 0.15) is 11.5 Å². The van der Waals surface area contributed by atoms with E-state index in [9.17, 15) is 0 Å². The molecule has 0 aromatic carbocycles. The summed E-state index contributed by atoms with van der Waals surface area (Å²) < 4.78 is 10.7. The van der Waals surface area contributed by atoms with E-state index in [1.165, 1.54) is 0 Å². The number of hydrogen-bond acceptors (Lipinski definition) is 4. The van der Waals surface area contributed by atoms with E-state index in [1.807, 2.05) is 38.1 Å². The largest absolute Gasteiger partial charge is 0.492 e. The van der Waals surface area contributed by atoms with Gasteiger partial charge < -0.3 is 9.47 Å². The molecule has 0 amide bonds. The van der Waals surface area contributed by atoms with Crippen LogP contribution in [0.15, 0.2) is 36.7 Å². The van der Waals surface area contributed by atoms with Crippen molar-refractivity contribution in [1.29, 1.82) is 0 Å². The third kappa shape index (κ3) is 2.97. The molecule has 0 N–H and O–H groups in total. The Labute approximate surface area is 107 Å². The van der Waals surface area contributed by atoms with Crippen LogP contribution in [0.4, 0.5) is 0 Å². The maximum atomic E-state index is 5.34. The van der Waals surface area contributed by atoms with Gasteiger partial charge in [-0.05, 0) is 38.1 Å². The Kier molecular flexibility index (Phi) is 4.12. The van der Waals surface area contributed by atoms with Gasteiger partial charge in [-0.15, -0.1) is 0 Å². The van der Waals surface area contributed by atoms with Gasteiger partial charge in [0.2, 0.25) is 0 Å². The maximum absolute atomic E-state index is 5.34. The zero-order valence-corrected chi connectivity index (χ0v) is 10.6. The molecule has 0 aliphatic rings. The lowest BCUT2D eigenvalue weighted by atomic mass is 10.2. The topological polar surface area (TPSA) is 44.2 Å². The monoisotopic (exact) mass is 244 g/mol. The predicted octanol–water partition coefficient (Wildman–Crippen LogP) is 2.94.